The molecule has 1 amide bonds. The minimum Gasteiger partial charge on any atom is -0.467 e. The van der Waals surface area contributed by atoms with Crippen molar-refractivity contribution in [3.63, 3.8) is 0 Å². The van der Waals surface area contributed by atoms with Gasteiger partial charge in [0.2, 0.25) is 0 Å². The number of hydrogen-bond donors (Lipinski definition) is 0. The first-order valence-electron chi connectivity index (χ1n) is 8.68. The van der Waals surface area contributed by atoms with Gasteiger partial charge in [0.05, 0.1) is 18.7 Å². The van der Waals surface area contributed by atoms with E-state index in [0.29, 0.717) is 16.5 Å². The summed E-state index contributed by atoms with van der Waals surface area (Å²) in [4.78, 5) is 25.9. The quantitative estimate of drug-likeness (QED) is 0.687. The third kappa shape index (κ3) is 4.40. The van der Waals surface area contributed by atoms with Crippen molar-refractivity contribution >= 4 is 23.5 Å². The highest BCUT2D eigenvalue weighted by atomic mass is 35.5. The third-order valence-corrected chi connectivity index (χ3v) is 5.20. The highest BCUT2D eigenvalue weighted by Gasteiger charge is 2.41. The lowest BCUT2D eigenvalue weighted by atomic mass is 9.97. The number of para-hydroxylation sites is 1. The minimum atomic E-state index is -1.53. The van der Waals surface area contributed by atoms with Crippen LogP contribution in [-0.2, 0) is 14.3 Å². The molecule has 0 saturated heterocycles. The number of nitrogens with zero attached hydrogens (tertiary/aromatic N) is 1. The maximum Gasteiger partial charge on any atom is 0.328 e. The summed E-state index contributed by atoms with van der Waals surface area (Å²) < 4.78 is 37.4. The van der Waals surface area contributed by atoms with E-state index in [9.17, 15) is 18.4 Å². The number of carbonyl (C=O) groups is 2. The lowest BCUT2D eigenvalue weighted by Gasteiger charge is -2.27. The molecule has 1 saturated carbocycles. The summed E-state index contributed by atoms with van der Waals surface area (Å²) in [5.74, 6) is -0.640. The third-order valence-electron chi connectivity index (χ3n) is 4.89. The first-order chi connectivity index (χ1) is 12.9. The summed E-state index contributed by atoms with van der Waals surface area (Å²) in [6.07, 6.45) is -1.56. The van der Waals surface area contributed by atoms with Gasteiger partial charge in [-0.25, -0.2) is 13.6 Å². The monoisotopic (exact) mass is 399 g/mol. The molecule has 4 atom stereocenters. The van der Waals surface area contributed by atoms with Crippen LogP contribution >= 0.6 is 11.6 Å². The lowest BCUT2D eigenvalue weighted by molar-refractivity contribution is -0.151. The predicted molar refractivity (Wildman–Crippen MR) is 94.8 cm³/mol. The fourth-order valence-electron chi connectivity index (χ4n) is 3.53. The predicted octanol–water partition coefficient (Wildman–Crippen LogP) is 3.46. The zero-order valence-electron chi connectivity index (χ0n) is 14.7. The number of benzene rings is 1. The number of methoxy groups -OCH3 is 1. The van der Waals surface area contributed by atoms with Crippen LogP contribution in [0.5, 0.6) is 5.75 Å². The van der Waals surface area contributed by atoms with Crippen molar-refractivity contribution in [2.45, 2.75) is 37.6 Å². The first-order valence-corrected chi connectivity index (χ1v) is 9.06. The Labute approximate surface area is 160 Å². The van der Waals surface area contributed by atoms with Crippen LogP contribution in [0.25, 0.3) is 0 Å². The van der Waals surface area contributed by atoms with Crippen LogP contribution in [0.2, 0.25) is 5.02 Å². The van der Waals surface area contributed by atoms with E-state index in [1.54, 1.807) is 24.3 Å². The average molecular weight is 400 g/mol. The summed E-state index contributed by atoms with van der Waals surface area (Å²) >= 11 is 6.06. The Morgan fingerprint density at radius 1 is 1.30 bits per heavy atom. The van der Waals surface area contributed by atoms with Gasteiger partial charge in [-0.1, -0.05) is 23.7 Å². The Morgan fingerprint density at radius 2 is 1.96 bits per heavy atom. The van der Waals surface area contributed by atoms with Gasteiger partial charge in [-0.3, -0.25) is 4.79 Å². The van der Waals surface area contributed by atoms with Crippen LogP contribution in [0.15, 0.2) is 36.1 Å². The zero-order chi connectivity index (χ0) is 19.6. The van der Waals surface area contributed by atoms with Crippen molar-refractivity contribution in [2.75, 3.05) is 13.7 Å². The molecule has 2 aliphatic rings. The molecule has 1 heterocycles. The molecule has 1 fully saturated rings. The topological polar surface area (TPSA) is 55.8 Å². The van der Waals surface area contributed by atoms with Gasteiger partial charge in [0.25, 0.3) is 5.91 Å². The highest BCUT2D eigenvalue weighted by Crippen LogP contribution is 2.35. The number of carbonyl (C=O) groups excluding carboxylic acids is 2. The Hall–Kier alpha value is -2.15. The van der Waals surface area contributed by atoms with Crippen molar-refractivity contribution in [1.82, 2.24) is 4.90 Å². The molecule has 1 aromatic carbocycles. The fraction of sp³-hybridized carbons (Fsp3) is 0.474. The zero-order valence-corrected chi connectivity index (χ0v) is 15.5. The van der Waals surface area contributed by atoms with Crippen molar-refractivity contribution in [1.29, 1.82) is 0 Å². The summed E-state index contributed by atoms with van der Waals surface area (Å²) in [5.41, 5.74) is 0. The maximum absolute atomic E-state index is 13.5. The molecule has 0 bridgehead atoms. The van der Waals surface area contributed by atoms with E-state index in [1.807, 2.05) is 0 Å². The molecule has 5 nitrogen and oxygen atoms in total. The molecule has 27 heavy (non-hydrogen) atoms. The van der Waals surface area contributed by atoms with E-state index in [0.717, 1.165) is 0 Å². The van der Waals surface area contributed by atoms with Crippen LogP contribution in [0, 0.1) is 5.92 Å². The van der Waals surface area contributed by atoms with E-state index in [4.69, 9.17) is 21.1 Å². The number of esters is 1. The average Bonchev–Trinajstić information content (AvgIpc) is 3.15. The molecule has 2 unspecified atom stereocenters. The van der Waals surface area contributed by atoms with Crippen LogP contribution in [-0.4, -0.2) is 48.8 Å². The smallest absolute Gasteiger partial charge is 0.328 e. The second-order valence-electron chi connectivity index (χ2n) is 6.75. The molecular weight excluding hydrogens is 380 g/mol. The van der Waals surface area contributed by atoms with Gasteiger partial charge in [-0.2, -0.15) is 0 Å². The van der Waals surface area contributed by atoms with E-state index in [-0.39, 0.29) is 31.7 Å². The second kappa shape index (κ2) is 8.25. The van der Waals surface area contributed by atoms with Gasteiger partial charge in [0.15, 0.2) is 0 Å². The number of rotatable bonds is 6. The number of ether oxygens (including phenoxy) is 2. The number of halogens is 3. The van der Waals surface area contributed by atoms with E-state index in [1.165, 1.54) is 18.1 Å². The number of amides is 1. The summed E-state index contributed by atoms with van der Waals surface area (Å²) in [7, 11) is 1.22. The van der Waals surface area contributed by atoms with Gasteiger partial charge < -0.3 is 14.4 Å². The van der Waals surface area contributed by atoms with Gasteiger partial charge in [-0.15, -0.1) is 0 Å². The molecule has 3 rings (SSSR count). The van der Waals surface area contributed by atoms with Crippen LogP contribution in [0.4, 0.5) is 8.78 Å². The van der Waals surface area contributed by atoms with E-state index in [2.05, 4.69) is 0 Å². The van der Waals surface area contributed by atoms with Gasteiger partial charge in [0.1, 0.15) is 29.9 Å². The Balaban J connectivity index is 1.70. The SMILES string of the molecule is COC(=O)C(CC1C[C@@H](F)[C@@H](F)C1)N1CC(Oc2ccccc2Cl)=CC1=O. The first kappa shape index (κ1) is 19.6. The van der Waals surface area contributed by atoms with Crippen LogP contribution < -0.4 is 4.74 Å². The number of alkyl halides is 2. The molecule has 0 spiro atoms. The van der Waals surface area contributed by atoms with Gasteiger partial charge in [0, 0.05) is 6.08 Å². The molecule has 146 valence electrons. The molecule has 1 aromatic rings. The van der Waals surface area contributed by atoms with Crippen molar-refractivity contribution in [3.05, 3.63) is 41.1 Å². The standard InChI is InChI=1S/C19H20ClF2NO4/c1-26-19(25)16(8-11-6-14(21)15(22)7-11)23-10-12(9-18(23)24)27-17-5-3-2-4-13(17)20/h2-5,9,11,14-16H,6-8,10H2,1H3/t11?,14-,15+,16?. The Morgan fingerprint density at radius 3 is 2.59 bits per heavy atom. The fourth-order valence-corrected chi connectivity index (χ4v) is 3.70. The normalized spacial score (nSPS) is 26.1. The Kier molecular flexibility index (Phi) is 5.99. The number of hydrogen-bond acceptors (Lipinski definition) is 4. The van der Waals surface area contributed by atoms with Crippen molar-refractivity contribution in [2.24, 2.45) is 5.92 Å². The maximum atomic E-state index is 13.5. The molecule has 1 aliphatic heterocycles. The largest absolute Gasteiger partial charge is 0.467 e. The summed E-state index contributed by atoms with van der Waals surface area (Å²) in [5, 5.41) is 0.391. The Bertz CT molecular complexity index is 747. The minimum absolute atomic E-state index is 0.0348. The van der Waals surface area contributed by atoms with Crippen LogP contribution in [0.1, 0.15) is 19.3 Å². The molecular formula is C19H20ClF2NO4. The summed E-state index contributed by atoms with van der Waals surface area (Å²) in [6, 6.07) is 5.89. The summed E-state index contributed by atoms with van der Waals surface area (Å²) in [6.45, 7) is 0.0502. The van der Waals surface area contributed by atoms with Gasteiger partial charge in [-0.05, 0) is 37.3 Å². The molecule has 8 heteroatoms. The molecule has 1 aliphatic carbocycles. The van der Waals surface area contributed by atoms with Gasteiger partial charge >= 0.3 is 5.97 Å². The van der Waals surface area contributed by atoms with E-state index < -0.39 is 30.3 Å². The molecule has 0 aromatic heterocycles. The second-order valence-corrected chi connectivity index (χ2v) is 7.16. The van der Waals surface area contributed by atoms with Crippen molar-refractivity contribution in [3.8, 4) is 5.75 Å². The molecule has 0 radical (unpaired) electrons. The van der Waals surface area contributed by atoms with Crippen LogP contribution in [0.3, 0.4) is 0 Å². The lowest BCUT2D eigenvalue weighted by Crippen LogP contribution is -2.44. The molecule has 0 N–H and O–H groups in total. The van der Waals surface area contributed by atoms with E-state index >= 15 is 0 Å². The highest BCUT2D eigenvalue weighted by molar-refractivity contribution is 6.32. The van der Waals surface area contributed by atoms with Crippen molar-refractivity contribution < 1.29 is 27.8 Å².